The van der Waals surface area contributed by atoms with Crippen molar-refractivity contribution in [2.24, 2.45) is 5.92 Å². The van der Waals surface area contributed by atoms with Crippen molar-refractivity contribution in [1.29, 1.82) is 0 Å². The number of hydrogen-bond donors (Lipinski definition) is 1. The minimum atomic E-state index is 0.213. The van der Waals surface area contributed by atoms with Crippen molar-refractivity contribution in [3.8, 4) is 0 Å². The lowest BCUT2D eigenvalue weighted by Crippen LogP contribution is -2.09. The van der Waals surface area contributed by atoms with Gasteiger partial charge in [-0.2, -0.15) is 0 Å². The van der Waals surface area contributed by atoms with Crippen LogP contribution in [0.4, 0.5) is 0 Å². The van der Waals surface area contributed by atoms with Gasteiger partial charge in [-0.25, -0.2) is 0 Å². The van der Waals surface area contributed by atoms with E-state index in [0.29, 0.717) is 5.92 Å². The predicted octanol–water partition coefficient (Wildman–Crippen LogP) is 1.31. The molecule has 58 valence electrons. The van der Waals surface area contributed by atoms with Gasteiger partial charge < -0.3 is 5.32 Å². The van der Waals surface area contributed by atoms with Gasteiger partial charge >= 0.3 is 0 Å². The highest BCUT2D eigenvalue weighted by atomic mass is 16.2. The number of hydrogen-bond acceptors (Lipinski definition) is 1. The fraction of sp³-hybridized carbons (Fsp3) is 0.875. The molecule has 0 radical (unpaired) electrons. The standard InChI is InChI=1S/C8H15NO/c1-3-5-6(4-2)7-8(10)9-7/h6-7H,3-5H2,1-2H3,(H,9,10). The molecule has 1 N–H and O–H groups in total. The van der Waals surface area contributed by atoms with E-state index in [9.17, 15) is 4.79 Å². The maximum atomic E-state index is 10.7. The van der Waals surface area contributed by atoms with Crippen LogP contribution in [0.15, 0.2) is 0 Å². The summed E-state index contributed by atoms with van der Waals surface area (Å²) < 4.78 is 0. The van der Waals surface area contributed by atoms with E-state index in [4.69, 9.17) is 0 Å². The first-order valence-corrected chi connectivity index (χ1v) is 4.10. The third kappa shape index (κ3) is 1.49. The highest BCUT2D eigenvalue weighted by Crippen LogP contribution is 2.21. The quantitative estimate of drug-likeness (QED) is 0.589. The van der Waals surface area contributed by atoms with Gasteiger partial charge in [-0.1, -0.05) is 26.7 Å². The molecule has 0 aromatic carbocycles. The molecule has 0 aromatic heterocycles. The topological polar surface area (TPSA) is 39.0 Å². The molecule has 0 spiro atoms. The van der Waals surface area contributed by atoms with E-state index in [1.807, 2.05) is 0 Å². The molecule has 1 rings (SSSR count). The summed E-state index contributed by atoms with van der Waals surface area (Å²) in [7, 11) is 0. The first-order valence-electron chi connectivity index (χ1n) is 4.10. The van der Waals surface area contributed by atoms with Crippen LogP contribution in [0.1, 0.15) is 33.1 Å². The van der Waals surface area contributed by atoms with Crippen LogP contribution < -0.4 is 5.32 Å². The van der Waals surface area contributed by atoms with Crippen molar-refractivity contribution in [2.45, 2.75) is 39.2 Å². The smallest absolute Gasteiger partial charge is 0.243 e. The molecule has 1 aliphatic heterocycles. The number of nitrogens with one attached hydrogen (secondary N) is 1. The lowest BCUT2D eigenvalue weighted by atomic mass is 9.97. The maximum Gasteiger partial charge on any atom is 0.243 e. The van der Waals surface area contributed by atoms with Crippen LogP contribution in [0, 0.1) is 5.92 Å². The van der Waals surface area contributed by atoms with Crippen LogP contribution >= 0.6 is 0 Å². The molecule has 0 saturated carbocycles. The monoisotopic (exact) mass is 141 g/mol. The van der Waals surface area contributed by atoms with Gasteiger partial charge in [0.15, 0.2) is 0 Å². The maximum absolute atomic E-state index is 10.7. The summed E-state index contributed by atoms with van der Waals surface area (Å²) in [5, 5.41) is 2.83. The third-order valence-corrected chi connectivity index (χ3v) is 2.15. The lowest BCUT2D eigenvalue weighted by Gasteiger charge is -2.07. The zero-order valence-electron chi connectivity index (χ0n) is 6.68. The molecule has 1 saturated heterocycles. The molecule has 0 aromatic rings. The molecule has 0 bridgehead atoms. The lowest BCUT2D eigenvalue weighted by molar-refractivity contribution is -0.111. The van der Waals surface area contributed by atoms with Crippen LogP contribution in [-0.2, 0) is 4.79 Å². The van der Waals surface area contributed by atoms with Gasteiger partial charge in [0, 0.05) is 0 Å². The van der Waals surface area contributed by atoms with Gasteiger partial charge in [0.1, 0.15) is 6.04 Å². The average molecular weight is 141 g/mol. The molecule has 10 heavy (non-hydrogen) atoms. The van der Waals surface area contributed by atoms with Gasteiger partial charge in [0.25, 0.3) is 0 Å². The molecule has 1 amide bonds. The Hall–Kier alpha value is -0.530. The van der Waals surface area contributed by atoms with Gasteiger partial charge in [-0.05, 0) is 12.3 Å². The van der Waals surface area contributed by atoms with Gasteiger partial charge in [-0.3, -0.25) is 4.79 Å². The molecule has 1 fully saturated rings. The number of rotatable bonds is 4. The summed E-state index contributed by atoms with van der Waals surface area (Å²) >= 11 is 0. The van der Waals surface area contributed by atoms with Crippen molar-refractivity contribution >= 4 is 5.91 Å². The normalized spacial score (nSPS) is 25.8. The van der Waals surface area contributed by atoms with Crippen LogP contribution in [-0.4, -0.2) is 11.9 Å². The second kappa shape index (κ2) is 3.04. The Morgan fingerprint density at radius 2 is 2.20 bits per heavy atom. The van der Waals surface area contributed by atoms with Crippen molar-refractivity contribution < 1.29 is 4.79 Å². The fourth-order valence-electron chi connectivity index (χ4n) is 1.42. The van der Waals surface area contributed by atoms with E-state index in [1.54, 1.807) is 0 Å². The molecule has 1 aliphatic rings. The Morgan fingerprint density at radius 1 is 1.60 bits per heavy atom. The summed E-state index contributed by atoms with van der Waals surface area (Å²) in [6.07, 6.45) is 3.49. The van der Waals surface area contributed by atoms with E-state index < -0.39 is 0 Å². The Labute approximate surface area is 62.0 Å². The summed E-state index contributed by atoms with van der Waals surface area (Å²) in [6, 6.07) is 0.213. The minimum absolute atomic E-state index is 0.213. The van der Waals surface area contributed by atoms with Gasteiger partial charge in [-0.15, -0.1) is 0 Å². The van der Waals surface area contributed by atoms with Crippen molar-refractivity contribution in [1.82, 2.24) is 5.32 Å². The Bertz CT molecular complexity index is 133. The van der Waals surface area contributed by atoms with Gasteiger partial charge in [0.05, 0.1) is 0 Å². The van der Waals surface area contributed by atoms with Crippen LogP contribution in [0.5, 0.6) is 0 Å². The summed E-state index contributed by atoms with van der Waals surface area (Å²) in [5.74, 6) is 0.845. The molecule has 2 heteroatoms. The molecular formula is C8H15NO. The number of carbonyl (C=O) groups is 1. The Kier molecular flexibility index (Phi) is 2.30. The van der Waals surface area contributed by atoms with Crippen LogP contribution in [0.25, 0.3) is 0 Å². The first kappa shape index (κ1) is 7.58. The van der Waals surface area contributed by atoms with E-state index in [2.05, 4.69) is 19.2 Å². The molecule has 0 aliphatic carbocycles. The predicted molar refractivity (Wildman–Crippen MR) is 40.6 cm³/mol. The summed E-state index contributed by atoms with van der Waals surface area (Å²) in [6.45, 7) is 4.31. The molecule has 2 atom stereocenters. The van der Waals surface area contributed by atoms with Crippen molar-refractivity contribution in [3.63, 3.8) is 0 Å². The van der Waals surface area contributed by atoms with Gasteiger partial charge in [0.2, 0.25) is 5.91 Å². The number of amides is 1. The Morgan fingerprint density at radius 3 is 2.50 bits per heavy atom. The number of carbonyl (C=O) groups excluding carboxylic acids is 1. The fourth-order valence-corrected chi connectivity index (χ4v) is 1.42. The molecule has 2 nitrogen and oxygen atoms in total. The van der Waals surface area contributed by atoms with Crippen molar-refractivity contribution in [2.75, 3.05) is 0 Å². The molecule has 2 unspecified atom stereocenters. The molecule has 1 heterocycles. The minimum Gasteiger partial charge on any atom is -0.342 e. The second-order valence-electron chi connectivity index (χ2n) is 2.94. The zero-order valence-corrected chi connectivity index (χ0v) is 6.68. The third-order valence-electron chi connectivity index (χ3n) is 2.15. The summed E-state index contributed by atoms with van der Waals surface area (Å²) in [5.41, 5.74) is 0. The molecular weight excluding hydrogens is 126 g/mol. The highest BCUT2D eigenvalue weighted by molar-refractivity contribution is 5.96. The van der Waals surface area contributed by atoms with E-state index in [-0.39, 0.29) is 11.9 Å². The van der Waals surface area contributed by atoms with Crippen molar-refractivity contribution in [3.05, 3.63) is 0 Å². The Balaban J connectivity index is 2.27. The van der Waals surface area contributed by atoms with Crippen LogP contribution in [0.2, 0.25) is 0 Å². The average Bonchev–Trinajstić information content (AvgIpc) is 2.62. The zero-order chi connectivity index (χ0) is 7.56. The SMILES string of the molecule is CCCC(CC)C1NC1=O. The summed E-state index contributed by atoms with van der Waals surface area (Å²) in [4.78, 5) is 10.7. The van der Waals surface area contributed by atoms with Crippen LogP contribution in [0.3, 0.4) is 0 Å². The van der Waals surface area contributed by atoms with E-state index in [1.165, 1.54) is 12.8 Å². The second-order valence-corrected chi connectivity index (χ2v) is 2.94. The largest absolute Gasteiger partial charge is 0.342 e. The van der Waals surface area contributed by atoms with E-state index >= 15 is 0 Å². The van der Waals surface area contributed by atoms with E-state index in [0.717, 1.165) is 6.42 Å². The first-order chi connectivity index (χ1) is 4.79. The highest BCUT2D eigenvalue weighted by Gasteiger charge is 2.38.